The number of carbonyl (C=O) groups is 1. The fourth-order valence-corrected chi connectivity index (χ4v) is 4.37. The van der Waals surface area contributed by atoms with E-state index >= 15 is 0 Å². The number of nitrogens with one attached hydrogen (secondary N) is 1. The number of thiazole rings is 1. The third-order valence-electron chi connectivity index (χ3n) is 4.03. The summed E-state index contributed by atoms with van der Waals surface area (Å²) >= 11 is 1.35. The van der Waals surface area contributed by atoms with Crippen molar-refractivity contribution in [2.45, 2.75) is 11.8 Å². The van der Waals surface area contributed by atoms with Crippen LogP contribution in [0.15, 0.2) is 59.6 Å². The molecule has 0 fully saturated rings. The highest BCUT2D eigenvalue weighted by Gasteiger charge is 2.22. The van der Waals surface area contributed by atoms with Gasteiger partial charge in [-0.15, -0.1) is 11.3 Å². The molecule has 0 unspecified atom stereocenters. The van der Waals surface area contributed by atoms with E-state index in [4.69, 9.17) is 4.74 Å². The van der Waals surface area contributed by atoms with Gasteiger partial charge in [-0.25, -0.2) is 13.4 Å². The van der Waals surface area contributed by atoms with Gasteiger partial charge >= 0.3 is 0 Å². The molecule has 2 aromatic carbocycles. The third-order valence-corrected chi connectivity index (χ3v) is 6.64. The number of aromatic nitrogens is 1. The lowest BCUT2D eigenvalue weighted by Gasteiger charge is -2.20. The quantitative estimate of drug-likeness (QED) is 0.663. The van der Waals surface area contributed by atoms with Crippen molar-refractivity contribution in [1.82, 2.24) is 4.98 Å². The second kappa shape index (κ2) is 7.99. The summed E-state index contributed by atoms with van der Waals surface area (Å²) in [5.41, 5.74) is 0.714. The van der Waals surface area contributed by atoms with Crippen LogP contribution in [0.5, 0.6) is 5.75 Å². The number of sulfonamides is 1. The Morgan fingerprint density at radius 1 is 1.18 bits per heavy atom. The average molecular weight is 418 g/mol. The van der Waals surface area contributed by atoms with Gasteiger partial charge in [0, 0.05) is 23.7 Å². The maximum absolute atomic E-state index is 13.0. The van der Waals surface area contributed by atoms with Crippen molar-refractivity contribution in [2.24, 2.45) is 0 Å². The number of nitrogens with zero attached hydrogens (tertiary/aromatic N) is 2. The SMILES string of the molecule is COc1ccc(N(C)S(=O)(=O)c2cccc(C(=O)Nc3ncc(C)s3)c2)cc1. The van der Waals surface area contributed by atoms with Crippen LogP contribution in [0, 0.1) is 6.92 Å². The summed E-state index contributed by atoms with van der Waals surface area (Å²) in [4.78, 5) is 17.5. The van der Waals surface area contributed by atoms with Gasteiger partial charge in [-0.2, -0.15) is 0 Å². The second-order valence-electron chi connectivity index (χ2n) is 5.93. The van der Waals surface area contributed by atoms with Crippen molar-refractivity contribution >= 4 is 38.1 Å². The normalized spacial score (nSPS) is 11.1. The number of anilines is 2. The Morgan fingerprint density at radius 3 is 2.50 bits per heavy atom. The zero-order chi connectivity index (χ0) is 20.3. The van der Waals surface area contributed by atoms with Crippen molar-refractivity contribution in [1.29, 1.82) is 0 Å². The van der Waals surface area contributed by atoms with Gasteiger partial charge in [0.1, 0.15) is 5.75 Å². The van der Waals surface area contributed by atoms with E-state index < -0.39 is 15.9 Å². The van der Waals surface area contributed by atoms with Crippen LogP contribution in [0.3, 0.4) is 0 Å². The van der Waals surface area contributed by atoms with Gasteiger partial charge in [-0.05, 0) is 49.4 Å². The standard InChI is InChI=1S/C19H19N3O4S2/c1-13-12-20-19(27-13)21-18(23)14-5-4-6-17(11-14)28(24,25)22(2)15-7-9-16(26-3)10-8-15/h4-12H,1-3H3,(H,20,21,23). The summed E-state index contributed by atoms with van der Waals surface area (Å²) in [6, 6.07) is 12.6. The van der Waals surface area contributed by atoms with Crippen LogP contribution in [0.1, 0.15) is 15.2 Å². The number of amides is 1. The van der Waals surface area contributed by atoms with Crippen LogP contribution in [-0.4, -0.2) is 33.5 Å². The molecule has 0 aliphatic carbocycles. The summed E-state index contributed by atoms with van der Waals surface area (Å²) in [6.07, 6.45) is 1.66. The minimum Gasteiger partial charge on any atom is -0.497 e. The molecule has 3 aromatic rings. The summed E-state index contributed by atoms with van der Waals surface area (Å²) in [6.45, 7) is 1.88. The zero-order valence-electron chi connectivity index (χ0n) is 15.5. The summed E-state index contributed by atoms with van der Waals surface area (Å²) in [5.74, 6) is 0.212. The maximum Gasteiger partial charge on any atom is 0.264 e. The molecule has 0 saturated carbocycles. The number of rotatable bonds is 6. The Hall–Kier alpha value is -2.91. The van der Waals surface area contributed by atoms with E-state index in [2.05, 4.69) is 10.3 Å². The number of hydrogen-bond donors (Lipinski definition) is 1. The molecule has 0 saturated heterocycles. The smallest absolute Gasteiger partial charge is 0.264 e. The predicted octanol–water partition coefficient (Wildman–Crippen LogP) is 3.54. The van der Waals surface area contributed by atoms with Crippen molar-refractivity contribution in [2.75, 3.05) is 23.8 Å². The first-order valence-electron chi connectivity index (χ1n) is 8.28. The molecule has 0 atom stereocenters. The summed E-state index contributed by atoms with van der Waals surface area (Å²) in [7, 11) is -0.836. The van der Waals surface area contributed by atoms with E-state index in [1.807, 2.05) is 6.92 Å². The molecular formula is C19H19N3O4S2. The molecule has 146 valence electrons. The van der Waals surface area contributed by atoms with Gasteiger partial charge in [0.25, 0.3) is 15.9 Å². The summed E-state index contributed by atoms with van der Waals surface area (Å²) in [5, 5.41) is 3.14. The monoisotopic (exact) mass is 417 g/mol. The van der Waals surface area contributed by atoms with Crippen LogP contribution in [0.4, 0.5) is 10.8 Å². The van der Waals surface area contributed by atoms with Gasteiger partial charge in [0.05, 0.1) is 17.7 Å². The third kappa shape index (κ3) is 4.15. The number of hydrogen-bond acceptors (Lipinski definition) is 6. The largest absolute Gasteiger partial charge is 0.497 e. The summed E-state index contributed by atoms with van der Waals surface area (Å²) < 4.78 is 32.2. The van der Waals surface area contributed by atoms with Gasteiger partial charge in [0.15, 0.2) is 5.13 Å². The van der Waals surface area contributed by atoms with E-state index in [-0.39, 0.29) is 10.5 Å². The van der Waals surface area contributed by atoms with E-state index in [1.54, 1.807) is 43.6 Å². The van der Waals surface area contributed by atoms with E-state index in [9.17, 15) is 13.2 Å². The first-order chi connectivity index (χ1) is 13.3. The van der Waals surface area contributed by atoms with Gasteiger partial charge in [-0.1, -0.05) is 6.07 Å². The second-order valence-corrected chi connectivity index (χ2v) is 9.13. The van der Waals surface area contributed by atoms with Crippen molar-refractivity contribution in [3.63, 3.8) is 0 Å². The number of carbonyl (C=O) groups excluding carboxylic acids is 1. The molecule has 0 bridgehead atoms. The van der Waals surface area contributed by atoms with E-state index in [0.717, 1.165) is 9.18 Å². The molecule has 0 aliphatic rings. The minimum atomic E-state index is -3.84. The van der Waals surface area contributed by atoms with Crippen molar-refractivity contribution in [3.05, 3.63) is 65.2 Å². The molecule has 9 heteroatoms. The van der Waals surface area contributed by atoms with Crippen molar-refractivity contribution < 1.29 is 17.9 Å². The van der Waals surface area contributed by atoms with Crippen LogP contribution < -0.4 is 14.4 Å². The van der Waals surface area contributed by atoms with E-state index in [0.29, 0.717) is 16.6 Å². The lowest BCUT2D eigenvalue weighted by Crippen LogP contribution is -2.26. The van der Waals surface area contributed by atoms with Crippen LogP contribution in [-0.2, 0) is 10.0 Å². The molecule has 7 nitrogen and oxygen atoms in total. The van der Waals surface area contributed by atoms with Crippen LogP contribution >= 0.6 is 11.3 Å². The van der Waals surface area contributed by atoms with Gasteiger partial charge in [0.2, 0.25) is 0 Å². The topological polar surface area (TPSA) is 88.6 Å². The minimum absolute atomic E-state index is 0.0220. The molecule has 0 radical (unpaired) electrons. The van der Waals surface area contributed by atoms with Crippen molar-refractivity contribution in [3.8, 4) is 5.75 Å². The first-order valence-corrected chi connectivity index (χ1v) is 10.5. The first kappa shape index (κ1) is 19.8. The Bertz CT molecular complexity index is 1090. The molecule has 1 heterocycles. The Morgan fingerprint density at radius 2 is 1.89 bits per heavy atom. The molecule has 0 spiro atoms. The number of aryl methyl sites for hydroxylation is 1. The molecule has 3 rings (SSSR count). The molecule has 1 amide bonds. The fraction of sp³-hybridized carbons (Fsp3) is 0.158. The highest BCUT2D eigenvalue weighted by atomic mass is 32.2. The lowest BCUT2D eigenvalue weighted by atomic mass is 10.2. The molecule has 28 heavy (non-hydrogen) atoms. The highest BCUT2D eigenvalue weighted by Crippen LogP contribution is 2.25. The number of ether oxygens (including phenoxy) is 1. The Balaban J connectivity index is 1.85. The van der Waals surface area contributed by atoms with Gasteiger partial charge in [-0.3, -0.25) is 14.4 Å². The Kier molecular flexibility index (Phi) is 5.66. The van der Waals surface area contributed by atoms with E-state index in [1.165, 1.54) is 36.6 Å². The van der Waals surface area contributed by atoms with Gasteiger partial charge < -0.3 is 4.74 Å². The maximum atomic E-state index is 13.0. The molecule has 1 aromatic heterocycles. The molecule has 1 N–H and O–H groups in total. The number of methoxy groups -OCH3 is 1. The lowest BCUT2D eigenvalue weighted by molar-refractivity contribution is 0.102. The average Bonchev–Trinajstić information content (AvgIpc) is 3.12. The number of benzene rings is 2. The van der Waals surface area contributed by atoms with Crippen LogP contribution in [0.2, 0.25) is 0 Å². The molecule has 0 aliphatic heterocycles. The highest BCUT2D eigenvalue weighted by molar-refractivity contribution is 7.92. The Labute approximate surface area is 167 Å². The zero-order valence-corrected chi connectivity index (χ0v) is 17.2. The fourth-order valence-electron chi connectivity index (χ4n) is 2.47. The van der Waals surface area contributed by atoms with Crippen LogP contribution in [0.25, 0.3) is 0 Å². The molecular weight excluding hydrogens is 398 g/mol. The predicted molar refractivity (Wildman–Crippen MR) is 110 cm³/mol.